The zero-order valence-electron chi connectivity index (χ0n) is 10.8. The van der Waals surface area contributed by atoms with Crippen LogP contribution in [0.1, 0.15) is 10.4 Å². The second-order valence-electron chi connectivity index (χ2n) is 4.35. The van der Waals surface area contributed by atoms with Crippen molar-refractivity contribution in [2.24, 2.45) is 0 Å². The number of hydrogen-bond acceptors (Lipinski definition) is 4. The maximum atomic E-state index is 12.1. The SMILES string of the molecule is O=C(Nn1cnc2ccccc21)c1cccc([N+](=O)[O-])c1. The van der Waals surface area contributed by atoms with Crippen LogP contribution in [0.2, 0.25) is 0 Å². The van der Waals surface area contributed by atoms with Crippen LogP contribution in [0.3, 0.4) is 0 Å². The van der Waals surface area contributed by atoms with E-state index in [1.807, 2.05) is 24.3 Å². The third-order valence-corrected chi connectivity index (χ3v) is 2.99. The van der Waals surface area contributed by atoms with Gasteiger partial charge >= 0.3 is 0 Å². The van der Waals surface area contributed by atoms with Gasteiger partial charge in [0.05, 0.1) is 16.0 Å². The Bertz CT molecular complexity index is 841. The summed E-state index contributed by atoms with van der Waals surface area (Å²) in [5.41, 5.74) is 4.22. The maximum Gasteiger partial charge on any atom is 0.270 e. The van der Waals surface area contributed by atoms with Gasteiger partial charge in [0.1, 0.15) is 6.33 Å². The van der Waals surface area contributed by atoms with Crippen molar-refractivity contribution in [2.75, 3.05) is 5.43 Å². The minimum Gasteiger partial charge on any atom is -0.267 e. The molecule has 0 unspecified atom stereocenters. The number of carbonyl (C=O) groups excluding carboxylic acids is 1. The standard InChI is InChI=1S/C14H10N4O3/c19-14(10-4-3-5-11(8-10)18(20)21)16-17-9-15-12-6-1-2-7-13(12)17/h1-9H,(H,16,19). The molecule has 1 aromatic heterocycles. The number of nitrogens with one attached hydrogen (secondary N) is 1. The molecule has 0 radical (unpaired) electrons. The average molecular weight is 282 g/mol. The van der Waals surface area contributed by atoms with Crippen LogP contribution in [0.4, 0.5) is 5.69 Å². The zero-order valence-corrected chi connectivity index (χ0v) is 10.8. The lowest BCUT2D eigenvalue weighted by Gasteiger charge is -2.06. The summed E-state index contributed by atoms with van der Waals surface area (Å²) in [5, 5.41) is 10.7. The molecule has 0 saturated heterocycles. The molecule has 0 bridgehead atoms. The van der Waals surface area contributed by atoms with Crippen LogP contribution in [-0.4, -0.2) is 20.5 Å². The van der Waals surface area contributed by atoms with Gasteiger partial charge in [-0.15, -0.1) is 0 Å². The monoisotopic (exact) mass is 282 g/mol. The molecular formula is C14H10N4O3. The number of nitrogens with zero attached hydrogens (tertiary/aromatic N) is 3. The van der Waals surface area contributed by atoms with Gasteiger partial charge in [0.25, 0.3) is 11.6 Å². The fraction of sp³-hybridized carbons (Fsp3) is 0. The van der Waals surface area contributed by atoms with Crippen molar-refractivity contribution in [2.45, 2.75) is 0 Å². The average Bonchev–Trinajstić information content (AvgIpc) is 2.91. The van der Waals surface area contributed by atoms with Crippen LogP contribution in [0, 0.1) is 10.1 Å². The molecule has 1 heterocycles. The van der Waals surface area contributed by atoms with Gasteiger partial charge in [-0.1, -0.05) is 18.2 Å². The van der Waals surface area contributed by atoms with E-state index in [-0.39, 0.29) is 11.3 Å². The van der Waals surface area contributed by atoms with E-state index in [1.54, 1.807) is 0 Å². The number of amides is 1. The summed E-state index contributed by atoms with van der Waals surface area (Å²) in [6.45, 7) is 0. The molecule has 7 heteroatoms. The van der Waals surface area contributed by atoms with Crippen LogP contribution in [0.15, 0.2) is 54.9 Å². The number of imidazole rings is 1. The summed E-state index contributed by atoms with van der Waals surface area (Å²) in [6.07, 6.45) is 1.49. The molecule has 2 aromatic carbocycles. The molecule has 1 N–H and O–H groups in total. The van der Waals surface area contributed by atoms with Crippen molar-refractivity contribution in [1.29, 1.82) is 0 Å². The van der Waals surface area contributed by atoms with E-state index in [4.69, 9.17) is 0 Å². The first-order valence-corrected chi connectivity index (χ1v) is 6.13. The summed E-state index contributed by atoms with van der Waals surface area (Å²) < 4.78 is 1.48. The zero-order chi connectivity index (χ0) is 14.8. The fourth-order valence-electron chi connectivity index (χ4n) is 1.98. The Morgan fingerprint density at radius 3 is 2.81 bits per heavy atom. The Morgan fingerprint density at radius 1 is 1.19 bits per heavy atom. The number of nitro benzene ring substituents is 1. The Morgan fingerprint density at radius 2 is 2.00 bits per heavy atom. The Balaban J connectivity index is 1.89. The molecule has 7 nitrogen and oxygen atoms in total. The number of para-hydroxylation sites is 2. The lowest BCUT2D eigenvalue weighted by molar-refractivity contribution is -0.384. The van der Waals surface area contributed by atoms with Crippen molar-refractivity contribution in [1.82, 2.24) is 9.66 Å². The lowest BCUT2D eigenvalue weighted by Crippen LogP contribution is -2.22. The molecular weight excluding hydrogens is 272 g/mol. The number of rotatable bonds is 3. The van der Waals surface area contributed by atoms with Crippen molar-refractivity contribution in [3.63, 3.8) is 0 Å². The molecule has 3 aromatic rings. The summed E-state index contributed by atoms with van der Waals surface area (Å²) >= 11 is 0. The normalized spacial score (nSPS) is 10.5. The molecule has 0 aliphatic heterocycles. The van der Waals surface area contributed by atoms with E-state index in [9.17, 15) is 14.9 Å². The van der Waals surface area contributed by atoms with Gasteiger partial charge < -0.3 is 0 Å². The second-order valence-corrected chi connectivity index (χ2v) is 4.35. The molecule has 3 rings (SSSR count). The summed E-state index contributed by atoms with van der Waals surface area (Å²) in [5.74, 6) is -0.443. The topological polar surface area (TPSA) is 90.1 Å². The van der Waals surface area contributed by atoms with Gasteiger partial charge in [-0.3, -0.25) is 20.3 Å². The summed E-state index contributed by atoms with van der Waals surface area (Å²) in [7, 11) is 0. The molecule has 0 aliphatic carbocycles. The van der Waals surface area contributed by atoms with Crippen molar-refractivity contribution >= 4 is 22.6 Å². The van der Waals surface area contributed by atoms with E-state index in [0.717, 1.165) is 11.0 Å². The fourth-order valence-corrected chi connectivity index (χ4v) is 1.98. The van der Waals surface area contributed by atoms with Gasteiger partial charge in [-0.2, -0.15) is 0 Å². The Labute approximate surface area is 119 Å². The molecule has 21 heavy (non-hydrogen) atoms. The van der Waals surface area contributed by atoms with Crippen LogP contribution in [0.25, 0.3) is 11.0 Å². The van der Waals surface area contributed by atoms with Crippen LogP contribution >= 0.6 is 0 Å². The molecule has 1 amide bonds. The Hall–Kier alpha value is -3.22. The molecule has 0 fully saturated rings. The largest absolute Gasteiger partial charge is 0.270 e. The highest BCUT2D eigenvalue weighted by Gasteiger charge is 2.12. The molecule has 0 aliphatic rings. The van der Waals surface area contributed by atoms with Gasteiger partial charge in [-0.05, 0) is 18.2 Å². The third kappa shape index (κ3) is 2.44. The summed E-state index contributed by atoms with van der Waals surface area (Å²) in [6, 6.07) is 12.9. The molecule has 0 saturated carbocycles. The predicted molar refractivity (Wildman–Crippen MR) is 76.5 cm³/mol. The number of non-ortho nitro benzene ring substituents is 1. The van der Waals surface area contributed by atoms with Gasteiger partial charge in [0.2, 0.25) is 0 Å². The number of benzene rings is 2. The van der Waals surface area contributed by atoms with E-state index in [2.05, 4.69) is 10.4 Å². The summed E-state index contributed by atoms with van der Waals surface area (Å²) in [4.78, 5) is 26.5. The van der Waals surface area contributed by atoms with Crippen molar-refractivity contribution < 1.29 is 9.72 Å². The Kier molecular flexibility index (Phi) is 3.07. The van der Waals surface area contributed by atoms with Crippen LogP contribution in [0.5, 0.6) is 0 Å². The van der Waals surface area contributed by atoms with E-state index in [0.29, 0.717) is 0 Å². The predicted octanol–water partition coefficient (Wildman–Crippen LogP) is 2.33. The highest BCUT2D eigenvalue weighted by Crippen LogP contribution is 2.14. The van der Waals surface area contributed by atoms with Gasteiger partial charge in [0, 0.05) is 17.7 Å². The first kappa shape index (κ1) is 12.8. The third-order valence-electron chi connectivity index (χ3n) is 2.99. The molecule has 0 atom stereocenters. The van der Waals surface area contributed by atoms with Gasteiger partial charge in [-0.25, -0.2) is 9.66 Å². The number of hydrogen-bond donors (Lipinski definition) is 1. The van der Waals surface area contributed by atoms with E-state index in [1.165, 1.54) is 35.3 Å². The second kappa shape index (κ2) is 5.04. The quantitative estimate of drug-likeness (QED) is 0.589. The number of nitro groups is 1. The van der Waals surface area contributed by atoms with E-state index >= 15 is 0 Å². The maximum absolute atomic E-state index is 12.1. The molecule has 0 spiro atoms. The number of carbonyl (C=O) groups is 1. The van der Waals surface area contributed by atoms with Crippen molar-refractivity contribution in [3.8, 4) is 0 Å². The molecule has 104 valence electrons. The number of fused-ring (bicyclic) bond motifs is 1. The first-order valence-electron chi connectivity index (χ1n) is 6.13. The smallest absolute Gasteiger partial charge is 0.267 e. The highest BCUT2D eigenvalue weighted by molar-refractivity contribution is 6.01. The highest BCUT2D eigenvalue weighted by atomic mass is 16.6. The van der Waals surface area contributed by atoms with Crippen LogP contribution < -0.4 is 5.43 Å². The first-order chi connectivity index (χ1) is 10.1. The van der Waals surface area contributed by atoms with E-state index < -0.39 is 10.8 Å². The minimum atomic E-state index is -0.538. The van der Waals surface area contributed by atoms with Crippen molar-refractivity contribution in [3.05, 3.63) is 70.5 Å². The van der Waals surface area contributed by atoms with Crippen LogP contribution in [-0.2, 0) is 0 Å². The van der Waals surface area contributed by atoms with Gasteiger partial charge in [0.15, 0.2) is 0 Å². The number of aromatic nitrogens is 2. The minimum absolute atomic E-state index is 0.127. The lowest BCUT2D eigenvalue weighted by atomic mass is 10.2.